The SMILES string of the molecule is CC/C=C\C/C=C\C/C=C\C/C=C\C/C=C\C/C=C\CCCCCCC(=O)OCC(COC(=O)CCC/C=C\C/C=C\C/C=C\C/C=C\C/C=C\CC)OC(=O)CCCCCCCCC/C=C\C/C=C\CCCCCC. The van der Waals surface area contributed by atoms with Gasteiger partial charge in [-0.3, -0.25) is 14.4 Å². The van der Waals surface area contributed by atoms with Crippen molar-refractivity contribution in [3.63, 3.8) is 0 Å². The van der Waals surface area contributed by atoms with Crippen molar-refractivity contribution in [1.29, 1.82) is 0 Å². The van der Waals surface area contributed by atoms with Gasteiger partial charge in [0.25, 0.3) is 0 Å². The predicted octanol–water partition coefficient (Wildman–Crippen LogP) is 20.9. The van der Waals surface area contributed by atoms with Gasteiger partial charge < -0.3 is 14.2 Å². The topological polar surface area (TPSA) is 78.9 Å². The molecule has 0 aromatic heterocycles. The summed E-state index contributed by atoms with van der Waals surface area (Å²) in [5.74, 6) is -1.01. The molecule has 0 heterocycles. The molecule has 6 heteroatoms. The van der Waals surface area contributed by atoms with Crippen molar-refractivity contribution in [2.75, 3.05) is 13.2 Å². The van der Waals surface area contributed by atoms with Crippen LogP contribution >= 0.6 is 0 Å². The lowest BCUT2D eigenvalue weighted by molar-refractivity contribution is -0.167. The molecule has 0 N–H and O–H groups in total. The Morgan fingerprint density at radius 1 is 0.276 bits per heavy atom. The first-order chi connectivity index (χ1) is 37.5. The molecule has 6 nitrogen and oxygen atoms in total. The van der Waals surface area contributed by atoms with Crippen molar-refractivity contribution in [2.45, 2.75) is 252 Å². The van der Waals surface area contributed by atoms with Crippen LogP contribution in [-0.2, 0) is 28.6 Å². The Kier molecular flexibility index (Phi) is 58.5. The first-order valence-corrected chi connectivity index (χ1v) is 30.5. The molecule has 0 rings (SSSR count). The summed E-state index contributed by atoms with van der Waals surface area (Å²) >= 11 is 0. The molecule has 1 unspecified atom stereocenters. The van der Waals surface area contributed by atoms with Gasteiger partial charge in [0.15, 0.2) is 6.10 Å². The van der Waals surface area contributed by atoms with E-state index in [-0.39, 0.29) is 37.5 Å². The Balaban J connectivity index is 4.55. The van der Waals surface area contributed by atoms with E-state index >= 15 is 0 Å². The molecule has 0 bridgehead atoms. The number of carbonyl (C=O) groups is 3. The molecule has 0 aromatic rings. The first kappa shape index (κ1) is 71.0. The molecule has 76 heavy (non-hydrogen) atoms. The highest BCUT2D eigenvalue weighted by atomic mass is 16.6. The van der Waals surface area contributed by atoms with Crippen LogP contribution in [0.4, 0.5) is 0 Å². The lowest BCUT2D eigenvalue weighted by Gasteiger charge is -2.18. The van der Waals surface area contributed by atoms with Crippen molar-refractivity contribution in [1.82, 2.24) is 0 Å². The molecule has 0 saturated carbocycles. The van der Waals surface area contributed by atoms with Crippen molar-refractivity contribution >= 4 is 17.9 Å². The molecule has 0 aliphatic heterocycles. The van der Waals surface area contributed by atoms with E-state index in [1.54, 1.807) is 0 Å². The standard InChI is InChI=1S/C70H110O6/c1-4-7-10-13-16-19-22-25-28-31-33-34-35-36-37-40-42-45-48-51-54-57-60-63-69(72)75-66-67(65-74-68(71)62-59-56-53-50-47-44-41-38-30-27-24-21-18-15-12-9-6-3)76-70(73)64-61-58-55-52-49-46-43-39-32-29-26-23-20-17-14-11-8-5-2/h7,9-10,12,16,18-21,23,25,27-30,32-34,36-37,41-42,44-45,50,53,67H,4-6,8,11,13-15,17,22,24,26,31,35,38-40,43,46-49,51-52,54-66H2,1-3H3/b10-7-,12-9-,19-16-,21-18-,23-20-,28-25-,30-27-,32-29-,34-33-,37-36-,44-41-,45-42-,53-50-. The maximum atomic E-state index is 12.9. The summed E-state index contributed by atoms with van der Waals surface area (Å²) in [7, 11) is 0. The zero-order valence-corrected chi connectivity index (χ0v) is 48.7. The van der Waals surface area contributed by atoms with Gasteiger partial charge in [0.05, 0.1) is 0 Å². The molecule has 0 saturated heterocycles. The van der Waals surface area contributed by atoms with Crippen LogP contribution in [-0.4, -0.2) is 37.2 Å². The molecule has 1 atom stereocenters. The highest BCUT2D eigenvalue weighted by Gasteiger charge is 2.19. The van der Waals surface area contributed by atoms with Crippen molar-refractivity contribution in [3.8, 4) is 0 Å². The van der Waals surface area contributed by atoms with E-state index in [0.29, 0.717) is 19.3 Å². The highest BCUT2D eigenvalue weighted by molar-refractivity contribution is 5.71. The number of rotatable bonds is 53. The average molecular weight is 1050 g/mol. The van der Waals surface area contributed by atoms with Gasteiger partial charge in [-0.25, -0.2) is 0 Å². The van der Waals surface area contributed by atoms with E-state index in [9.17, 15) is 14.4 Å². The molecular formula is C70H110O6. The van der Waals surface area contributed by atoms with Gasteiger partial charge in [-0.05, 0) is 141 Å². The number of hydrogen-bond donors (Lipinski definition) is 0. The number of esters is 3. The van der Waals surface area contributed by atoms with Gasteiger partial charge in [-0.2, -0.15) is 0 Å². The van der Waals surface area contributed by atoms with Crippen molar-refractivity contribution in [2.24, 2.45) is 0 Å². The quantitative estimate of drug-likeness (QED) is 0.0261. The predicted molar refractivity (Wildman–Crippen MR) is 329 cm³/mol. The van der Waals surface area contributed by atoms with Gasteiger partial charge in [0, 0.05) is 19.3 Å². The fourth-order valence-electron chi connectivity index (χ4n) is 7.75. The number of hydrogen-bond acceptors (Lipinski definition) is 6. The number of carbonyl (C=O) groups excluding carboxylic acids is 3. The third-order valence-corrected chi connectivity index (χ3v) is 12.2. The van der Waals surface area contributed by atoms with E-state index < -0.39 is 6.10 Å². The minimum atomic E-state index is -0.826. The lowest BCUT2D eigenvalue weighted by Crippen LogP contribution is -2.30. The zero-order chi connectivity index (χ0) is 55.0. The summed E-state index contributed by atoms with van der Waals surface area (Å²) in [6.45, 7) is 6.31. The van der Waals surface area contributed by atoms with Gasteiger partial charge in [0.1, 0.15) is 13.2 Å². The average Bonchev–Trinajstić information content (AvgIpc) is 3.42. The van der Waals surface area contributed by atoms with E-state index in [1.165, 1.54) is 57.8 Å². The molecule has 0 aliphatic rings. The summed E-state index contributed by atoms with van der Waals surface area (Å²) in [5.41, 5.74) is 0. The van der Waals surface area contributed by atoms with Crippen LogP contribution in [0.3, 0.4) is 0 Å². The second-order valence-electron chi connectivity index (χ2n) is 19.5. The smallest absolute Gasteiger partial charge is 0.306 e. The van der Waals surface area contributed by atoms with Crippen LogP contribution in [0, 0.1) is 0 Å². The van der Waals surface area contributed by atoms with Gasteiger partial charge >= 0.3 is 17.9 Å². The van der Waals surface area contributed by atoms with E-state index in [4.69, 9.17) is 14.2 Å². The zero-order valence-electron chi connectivity index (χ0n) is 48.7. The maximum Gasteiger partial charge on any atom is 0.306 e. The second-order valence-corrected chi connectivity index (χ2v) is 19.5. The Labute approximate surface area is 467 Å². The third-order valence-electron chi connectivity index (χ3n) is 12.2. The molecule has 0 radical (unpaired) electrons. The monoisotopic (exact) mass is 1050 g/mol. The normalized spacial score (nSPS) is 13.2. The van der Waals surface area contributed by atoms with E-state index in [0.717, 1.165) is 141 Å². The van der Waals surface area contributed by atoms with Crippen molar-refractivity contribution in [3.05, 3.63) is 158 Å². The molecule has 0 aromatic carbocycles. The summed E-state index contributed by atoms with van der Waals surface area (Å²) in [6, 6.07) is 0. The minimum Gasteiger partial charge on any atom is -0.462 e. The third kappa shape index (κ3) is 59.9. The highest BCUT2D eigenvalue weighted by Crippen LogP contribution is 2.13. The van der Waals surface area contributed by atoms with Crippen molar-refractivity contribution < 1.29 is 28.6 Å². The molecule has 0 aliphatic carbocycles. The van der Waals surface area contributed by atoms with Crippen LogP contribution < -0.4 is 0 Å². The Morgan fingerprint density at radius 2 is 0.526 bits per heavy atom. The first-order valence-electron chi connectivity index (χ1n) is 30.5. The molecule has 0 spiro atoms. The number of unbranched alkanes of at least 4 members (excludes halogenated alkanes) is 16. The molecular weight excluding hydrogens is 937 g/mol. The second kappa shape index (κ2) is 62.6. The summed E-state index contributed by atoms with van der Waals surface area (Å²) in [6.07, 6.45) is 90.9. The maximum absolute atomic E-state index is 12.9. The summed E-state index contributed by atoms with van der Waals surface area (Å²) < 4.78 is 16.8. The van der Waals surface area contributed by atoms with Crippen LogP contribution in [0.15, 0.2) is 158 Å². The van der Waals surface area contributed by atoms with E-state index in [2.05, 4.69) is 179 Å². The molecule has 0 amide bonds. The molecule has 0 fully saturated rings. The van der Waals surface area contributed by atoms with Crippen LogP contribution in [0.2, 0.25) is 0 Å². The summed E-state index contributed by atoms with van der Waals surface area (Å²) in [5, 5.41) is 0. The van der Waals surface area contributed by atoms with Gasteiger partial charge in [0.2, 0.25) is 0 Å². The largest absolute Gasteiger partial charge is 0.462 e. The number of ether oxygens (including phenoxy) is 3. The Hall–Kier alpha value is -4.97. The van der Waals surface area contributed by atoms with Gasteiger partial charge in [-0.1, -0.05) is 243 Å². The summed E-state index contributed by atoms with van der Waals surface area (Å²) in [4.78, 5) is 38.3. The van der Waals surface area contributed by atoms with E-state index in [1.807, 2.05) is 0 Å². The van der Waals surface area contributed by atoms with Crippen LogP contribution in [0.1, 0.15) is 245 Å². The van der Waals surface area contributed by atoms with Crippen LogP contribution in [0.25, 0.3) is 0 Å². The Morgan fingerprint density at radius 3 is 0.855 bits per heavy atom. The Bertz CT molecular complexity index is 1720. The number of allylic oxidation sites excluding steroid dienone is 26. The lowest BCUT2D eigenvalue weighted by atomic mass is 10.1. The minimum absolute atomic E-state index is 0.119. The fraction of sp³-hybridized carbons (Fsp3) is 0.586. The fourth-order valence-corrected chi connectivity index (χ4v) is 7.75. The van der Waals surface area contributed by atoms with Crippen LogP contribution in [0.5, 0.6) is 0 Å². The molecule has 426 valence electrons. The van der Waals surface area contributed by atoms with Gasteiger partial charge in [-0.15, -0.1) is 0 Å².